The van der Waals surface area contributed by atoms with Gasteiger partial charge in [-0.3, -0.25) is 0 Å². The van der Waals surface area contributed by atoms with Crippen molar-refractivity contribution in [1.29, 1.82) is 0 Å². The van der Waals surface area contributed by atoms with Crippen LogP contribution in [0.3, 0.4) is 0 Å². The number of hydrogen-bond acceptors (Lipinski definition) is 4. The van der Waals surface area contributed by atoms with Gasteiger partial charge in [0.1, 0.15) is 11.0 Å². The van der Waals surface area contributed by atoms with Crippen LogP contribution in [0, 0.1) is 0 Å². The predicted molar refractivity (Wildman–Crippen MR) is 73.0 cm³/mol. The van der Waals surface area contributed by atoms with Gasteiger partial charge in [-0.1, -0.05) is 11.6 Å². The molecule has 0 spiro atoms. The molecule has 0 radical (unpaired) electrons. The van der Waals surface area contributed by atoms with Crippen LogP contribution < -0.4 is 0 Å². The van der Waals surface area contributed by atoms with Gasteiger partial charge in [-0.05, 0) is 36.2 Å². The molecule has 0 atom stereocenters. The first kappa shape index (κ1) is 10.9. The zero-order chi connectivity index (χ0) is 11.7. The van der Waals surface area contributed by atoms with Crippen molar-refractivity contribution in [3.63, 3.8) is 0 Å². The Hall–Kier alpha value is -1.26. The highest BCUT2D eigenvalue weighted by Gasteiger charge is 2.21. The molecular weight excluding hydrogens is 254 g/mol. The van der Waals surface area contributed by atoms with Crippen molar-refractivity contribution in [3.8, 4) is 0 Å². The number of fused-ring (bicyclic) bond motifs is 1. The molecule has 0 aliphatic carbocycles. The lowest BCUT2D eigenvalue weighted by Gasteiger charge is -2.29. The SMILES string of the molecule is Clc1ccc(C2=CC=CN3CCSN=C23)cn1. The van der Waals surface area contributed by atoms with E-state index in [0.717, 1.165) is 29.3 Å². The number of pyridine rings is 1. The van der Waals surface area contributed by atoms with E-state index in [0.29, 0.717) is 5.15 Å². The first-order valence-electron chi connectivity index (χ1n) is 5.32. The van der Waals surface area contributed by atoms with Gasteiger partial charge < -0.3 is 4.90 Å². The quantitative estimate of drug-likeness (QED) is 0.576. The molecule has 0 unspecified atom stereocenters. The van der Waals surface area contributed by atoms with E-state index in [2.05, 4.69) is 26.6 Å². The molecule has 0 N–H and O–H groups in total. The predicted octanol–water partition coefficient (Wildman–Crippen LogP) is 3.01. The van der Waals surface area contributed by atoms with Crippen LogP contribution in [0.5, 0.6) is 0 Å². The molecule has 3 nitrogen and oxygen atoms in total. The molecule has 0 saturated heterocycles. The van der Waals surface area contributed by atoms with E-state index < -0.39 is 0 Å². The molecule has 0 saturated carbocycles. The molecule has 0 amide bonds. The van der Waals surface area contributed by atoms with E-state index >= 15 is 0 Å². The molecule has 2 aliphatic heterocycles. The van der Waals surface area contributed by atoms with Gasteiger partial charge in [0, 0.05) is 35.8 Å². The summed E-state index contributed by atoms with van der Waals surface area (Å²) in [6.45, 7) is 0.998. The Morgan fingerprint density at radius 1 is 1.35 bits per heavy atom. The smallest absolute Gasteiger partial charge is 0.148 e. The zero-order valence-electron chi connectivity index (χ0n) is 9.01. The maximum Gasteiger partial charge on any atom is 0.148 e. The lowest BCUT2D eigenvalue weighted by molar-refractivity contribution is 0.594. The van der Waals surface area contributed by atoms with Crippen LogP contribution in [-0.4, -0.2) is 28.0 Å². The number of aromatic nitrogens is 1. The minimum Gasteiger partial charge on any atom is -0.331 e. The summed E-state index contributed by atoms with van der Waals surface area (Å²) in [5.41, 5.74) is 2.15. The average molecular weight is 264 g/mol. The van der Waals surface area contributed by atoms with Crippen molar-refractivity contribution in [1.82, 2.24) is 9.88 Å². The first-order valence-corrected chi connectivity index (χ1v) is 6.64. The van der Waals surface area contributed by atoms with Crippen LogP contribution in [0.25, 0.3) is 5.57 Å². The normalized spacial score (nSPS) is 18.5. The Bertz CT molecular complexity index is 519. The van der Waals surface area contributed by atoms with Crippen LogP contribution in [0.1, 0.15) is 5.56 Å². The molecular formula is C12H10ClN3S. The van der Waals surface area contributed by atoms with Gasteiger partial charge in [-0.2, -0.15) is 4.40 Å². The molecule has 0 aromatic carbocycles. The van der Waals surface area contributed by atoms with Crippen molar-refractivity contribution < 1.29 is 0 Å². The van der Waals surface area contributed by atoms with Crippen molar-refractivity contribution in [2.24, 2.45) is 4.40 Å². The molecule has 3 rings (SSSR count). The van der Waals surface area contributed by atoms with E-state index in [4.69, 9.17) is 11.6 Å². The van der Waals surface area contributed by atoms with E-state index in [1.54, 1.807) is 24.2 Å². The van der Waals surface area contributed by atoms with Gasteiger partial charge >= 0.3 is 0 Å². The molecule has 3 heterocycles. The van der Waals surface area contributed by atoms with Gasteiger partial charge in [-0.25, -0.2) is 4.98 Å². The third kappa shape index (κ3) is 2.10. The summed E-state index contributed by atoms with van der Waals surface area (Å²) >= 11 is 7.41. The van der Waals surface area contributed by atoms with E-state index in [1.165, 1.54) is 0 Å². The fourth-order valence-electron chi connectivity index (χ4n) is 1.83. The lowest BCUT2D eigenvalue weighted by atomic mass is 10.0. The zero-order valence-corrected chi connectivity index (χ0v) is 10.6. The van der Waals surface area contributed by atoms with Crippen LogP contribution in [0.4, 0.5) is 0 Å². The molecule has 17 heavy (non-hydrogen) atoms. The number of amidine groups is 1. The topological polar surface area (TPSA) is 28.5 Å². The summed E-state index contributed by atoms with van der Waals surface area (Å²) in [6.07, 6.45) is 7.95. The summed E-state index contributed by atoms with van der Waals surface area (Å²) in [7, 11) is 0. The highest BCUT2D eigenvalue weighted by molar-refractivity contribution is 7.98. The Labute approximate surface area is 109 Å². The lowest BCUT2D eigenvalue weighted by Crippen LogP contribution is -2.32. The summed E-state index contributed by atoms with van der Waals surface area (Å²) in [5, 5.41) is 0.512. The van der Waals surface area contributed by atoms with Gasteiger partial charge in [0.25, 0.3) is 0 Å². The number of allylic oxidation sites excluding steroid dienone is 2. The van der Waals surface area contributed by atoms with Crippen LogP contribution in [0.2, 0.25) is 5.15 Å². The number of rotatable bonds is 1. The maximum atomic E-state index is 5.80. The van der Waals surface area contributed by atoms with Crippen LogP contribution in [-0.2, 0) is 0 Å². The number of halogens is 1. The fourth-order valence-corrected chi connectivity index (χ4v) is 2.64. The highest BCUT2D eigenvalue weighted by Crippen LogP contribution is 2.27. The molecule has 5 heteroatoms. The van der Waals surface area contributed by atoms with Crippen LogP contribution in [0.15, 0.2) is 41.1 Å². The summed E-state index contributed by atoms with van der Waals surface area (Å²) in [4.78, 5) is 6.28. The Kier molecular flexibility index (Phi) is 2.91. The molecule has 0 bridgehead atoms. The summed E-state index contributed by atoms with van der Waals surface area (Å²) < 4.78 is 4.51. The van der Waals surface area contributed by atoms with Gasteiger partial charge in [0.05, 0.1) is 0 Å². The molecule has 0 fully saturated rings. The van der Waals surface area contributed by atoms with Crippen molar-refractivity contribution in [3.05, 3.63) is 47.4 Å². The number of nitrogens with zero attached hydrogens (tertiary/aromatic N) is 3. The third-order valence-electron chi connectivity index (χ3n) is 2.65. The van der Waals surface area contributed by atoms with Gasteiger partial charge in [0.2, 0.25) is 0 Å². The summed E-state index contributed by atoms with van der Waals surface area (Å²) in [6, 6.07) is 3.78. The second-order valence-corrected chi connectivity index (χ2v) is 4.97. The van der Waals surface area contributed by atoms with E-state index in [-0.39, 0.29) is 0 Å². The monoisotopic (exact) mass is 263 g/mol. The average Bonchev–Trinajstić information content (AvgIpc) is 2.39. The third-order valence-corrected chi connectivity index (χ3v) is 3.55. The molecule has 2 aliphatic rings. The van der Waals surface area contributed by atoms with Gasteiger partial charge in [-0.15, -0.1) is 0 Å². The van der Waals surface area contributed by atoms with Crippen LogP contribution >= 0.6 is 23.5 Å². The Balaban J connectivity index is 2.01. The molecule has 1 aromatic rings. The second-order valence-electron chi connectivity index (χ2n) is 3.73. The second kappa shape index (κ2) is 4.55. The Morgan fingerprint density at radius 3 is 3.12 bits per heavy atom. The highest BCUT2D eigenvalue weighted by atomic mass is 35.5. The van der Waals surface area contributed by atoms with Gasteiger partial charge in [0.15, 0.2) is 0 Å². The minimum atomic E-state index is 0.512. The standard InChI is InChI=1S/C12H10ClN3S/c13-11-4-3-9(8-14-11)10-2-1-5-16-6-7-17-15-12(10)16/h1-5,8H,6-7H2. The fraction of sp³-hybridized carbons (Fsp3) is 0.167. The van der Waals surface area contributed by atoms with E-state index in [1.807, 2.05) is 12.1 Å². The van der Waals surface area contributed by atoms with Crippen molar-refractivity contribution >= 4 is 35.0 Å². The maximum absolute atomic E-state index is 5.80. The molecule has 1 aromatic heterocycles. The number of hydrogen-bond donors (Lipinski definition) is 0. The Morgan fingerprint density at radius 2 is 2.29 bits per heavy atom. The summed E-state index contributed by atoms with van der Waals surface area (Å²) in [5.74, 6) is 2.04. The first-order chi connectivity index (χ1) is 8.34. The minimum absolute atomic E-state index is 0.512. The molecule has 86 valence electrons. The van der Waals surface area contributed by atoms with E-state index in [9.17, 15) is 0 Å². The van der Waals surface area contributed by atoms with Crippen molar-refractivity contribution in [2.75, 3.05) is 12.3 Å². The largest absolute Gasteiger partial charge is 0.331 e. The van der Waals surface area contributed by atoms with Crippen molar-refractivity contribution in [2.45, 2.75) is 0 Å².